The van der Waals surface area contributed by atoms with E-state index in [1.54, 1.807) is 24.3 Å². The Hall–Kier alpha value is -3.66. The Morgan fingerprint density at radius 3 is 2.33 bits per heavy atom. The van der Waals surface area contributed by atoms with Crippen LogP contribution in [0.1, 0.15) is 65.2 Å². The third-order valence-electron chi connectivity index (χ3n) is 4.81. The molecular formula is C23H27N5O4S. The van der Waals surface area contributed by atoms with Crippen LogP contribution in [0.15, 0.2) is 47.1 Å². The summed E-state index contributed by atoms with van der Waals surface area (Å²) in [4.78, 5) is 40.2. The van der Waals surface area contributed by atoms with Gasteiger partial charge in [0.05, 0.1) is 12.0 Å². The maximum absolute atomic E-state index is 13.8. The van der Waals surface area contributed by atoms with E-state index >= 15 is 0 Å². The molecule has 0 saturated carbocycles. The second-order valence-electron chi connectivity index (χ2n) is 8.49. The van der Waals surface area contributed by atoms with Gasteiger partial charge in [-0.2, -0.15) is 4.37 Å². The Kier molecular flexibility index (Phi) is 6.87. The van der Waals surface area contributed by atoms with Crippen molar-refractivity contribution in [3.63, 3.8) is 0 Å². The molecule has 5 N–H and O–H groups in total. The van der Waals surface area contributed by atoms with Crippen LogP contribution in [-0.2, 0) is 11.2 Å². The van der Waals surface area contributed by atoms with E-state index in [2.05, 4.69) is 9.69 Å². The van der Waals surface area contributed by atoms with Gasteiger partial charge >= 0.3 is 0 Å². The molecule has 2 aromatic heterocycles. The largest absolute Gasteiger partial charge is 0.467 e. The second kappa shape index (κ2) is 9.45. The van der Waals surface area contributed by atoms with Crippen molar-refractivity contribution in [2.75, 3.05) is 10.6 Å². The molecule has 1 atom stereocenters. The number of amides is 3. The average Bonchev–Trinajstić information content (AvgIpc) is 3.40. The number of hydrogen-bond donors (Lipinski definition) is 3. The molecule has 0 fully saturated rings. The third-order valence-corrected chi connectivity index (χ3v) is 5.67. The molecule has 9 nitrogen and oxygen atoms in total. The van der Waals surface area contributed by atoms with Crippen molar-refractivity contribution < 1.29 is 18.8 Å². The highest BCUT2D eigenvalue weighted by Crippen LogP contribution is 2.33. The quantitative estimate of drug-likeness (QED) is 0.484. The fourth-order valence-corrected chi connectivity index (χ4v) is 4.02. The summed E-state index contributed by atoms with van der Waals surface area (Å²) in [6.07, 6.45) is 2.24. The zero-order chi connectivity index (χ0) is 24.3. The van der Waals surface area contributed by atoms with Gasteiger partial charge in [0.1, 0.15) is 10.6 Å². The first kappa shape index (κ1) is 24.0. The number of carbonyl (C=O) groups excluding carboxylic acids is 3. The summed E-state index contributed by atoms with van der Waals surface area (Å²) in [6, 6.07) is 9.38. The highest BCUT2D eigenvalue weighted by molar-refractivity contribution is 7.09. The fourth-order valence-electron chi connectivity index (χ4n) is 3.27. The number of furan rings is 1. The molecule has 0 spiro atoms. The minimum absolute atomic E-state index is 0.00322. The third kappa shape index (κ3) is 5.23. The van der Waals surface area contributed by atoms with Gasteiger partial charge in [0, 0.05) is 11.2 Å². The Bertz CT molecular complexity index is 1150. The van der Waals surface area contributed by atoms with Gasteiger partial charge in [-0.05, 0) is 68.6 Å². The standard InChI is InChI=1S/C23H27N5O4S/c1-5-13-8-10-14(11-9-13)28(22(31)19-16(24)17(20(25)29)27-33-19)18(15-7-6-12-32-15)21(30)26-23(2,3)4/h6-12,18H,5,24H2,1-4H3,(H2,25,29)(H,26,30)/t18-/m0/s1. The number of nitrogens with one attached hydrogen (secondary N) is 1. The molecule has 2 heterocycles. The summed E-state index contributed by atoms with van der Waals surface area (Å²) >= 11 is 0.753. The van der Waals surface area contributed by atoms with E-state index < -0.39 is 29.3 Å². The van der Waals surface area contributed by atoms with Crippen molar-refractivity contribution in [2.24, 2.45) is 5.73 Å². The number of hydrogen-bond acceptors (Lipinski definition) is 7. The maximum Gasteiger partial charge on any atom is 0.273 e. The van der Waals surface area contributed by atoms with Gasteiger partial charge in [-0.3, -0.25) is 19.3 Å². The number of nitrogens with two attached hydrogens (primary N) is 2. The van der Waals surface area contributed by atoms with Crippen LogP contribution in [0.3, 0.4) is 0 Å². The molecule has 0 saturated heterocycles. The molecule has 174 valence electrons. The summed E-state index contributed by atoms with van der Waals surface area (Å²) in [5.74, 6) is -1.62. The Balaban J connectivity index is 2.18. The highest BCUT2D eigenvalue weighted by Gasteiger charge is 2.38. The normalized spacial score (nSPS) is 12.2. The van der Waals surface area contributed by atoms with Crippen molar-refractivity contribution in [3.05, 3.63) is 64.6 Å². The number of nitrogen functional groups attached to an aromatic ring is 1. The van der Waals surface area contributed by atoms with Crippen LogP contribution in [0, 0.1) is 0 Å². The monoisotopic (exact) mass is 469 g/mol. The van der Waals surface area contributed by atoms with Crippen molar-refractivity contribution in [3.8, 4) is 0 Å². The van der Waals surface area contributed by atoms with Crippen LogP contribution in [0.4, 0.5) is 11.4 Å². The van der Waals surface area contributed by atoms with Crippen LogP contribution in [-0.4, -0.2) is 27.6 Å². The number of rotatable bonds is 7. The maximum atomic E-state index is 13.8. The molecule has 1 aromatic carbocycles. The van der Waals surface area contributed by atoms with E-state index in [9.17, 15) is 14.4 Å². The van der Waals surface area contributed by atoms with Crippen LogP contribution >= 0.6 is 11.5 Å². The topological polar surface area (TPSA) is 145 Å². The van der Waals surface area contributed by atoms with E-state index in [-0.39, 0.29) is 22.0 Å². The van der Waals surface area contributed by atoms with Crippen molar-refractivity contribution in [2.45, 2.75) is 45.7 Å². The van der Waals surface area contributed by atoms with Gasteiger partial charge in [0.2, 0.25) is 0 Å². The minimum atomic E-state index is -1.14. The predicted molar refractivity (Wildman–Crippen MR) is 127 cm³/mol. The number of primary amides is 1. The zero-order valence-corrected chi connectivity index (χ0v) is 19.7. The lowest BCUT2D eigenvalue weighted by atomic mass is 10.0. The zero-order valence-electron chi connectivity index (χ0n) is 18.9. The number of carbonyl (C=O) groups is 3. The van der Waals surface area contributed by atoms with Crippen LogP contribution < -0.4 is 21.7 Å². The smallest absolute Gasteiger partial charge is 0.273 e. The molecule has 0 aliphatic rings. The van der Waals surface area contributed by atoms with E-state index in [4.69, 9.17) is 15.9 Å². The molecule has 0 bridgehead atoms. The van der Waals surface area contributed by atoms with Gasteiger partial charge in [-0.15, -0.1) is 0 Å². The molecule has 33 heavy (non-hydrogen) atoms. The molecule has 3 aromatic rings. The van der Waals surface area contributed by atoms with E-state index in [0.29, 0.717) is 5.69 Å². The summed E-state index contributed by atoms with van der Waals surface area (Å²) in [5, 5.41) is 2.91. The predicted octanol–water partition coefficient (Wildman–Crippen LogP) is 3.28. The summed E-state index contributed by atoms with van der Waals surface area (Å²) in [7, 11) is 0. The second-order valence-corrected chi connectivity index (χ2v) is 9.26. The van der Waals surface area contributed by atoms with E-state index in [1.165, 1.54) is 11.2 Å². The minimum Gasteiger partial charge on any atom is -0.467 e. The summed E-state index contributed by atoms with van der Waals surface area (Å²) in [6.45, 7) is 7.54. The lowest BCUT2D eigenvalue weighted by Gasteiger charge is -2.32. The molecular weight excluding hydrogens is 442 g/mol. The molecule has 10 heteroatoms. The highest BCUT2D eigenvalue weighted by atomic mass is 32.1. The van der Waals surface area contributed by atoms with Crippen molar-refractivity contribution in [1.82, 2.24) is 9.69 Å². The van der Waals surface area contributed by atoms with Gasteiger partial charge < -0.3 is 21.2 Å². The first-order valence-electron chi connectivity index (χ1n) is 10.4. The van der Waals surface area contributed by atoms with Crippen LogP contribution in [0.5, 0.6) is 0 Å². The number of aryl methyl sites for hydroxylation is 1. The van der Waals surface area contributed by atoms with Gasteiger partial charge in [0.15, 0.2) is 11.7 Å². The number of nitrogens with zero attached hydrogens (tertiary/aromatic N) is 2. The molecule has 3 amide bonds. The van der Waals surface area contributed by atoms with Gasteiger partial charge in [-0.1, -0.05) is 19.1 Å². The Labute approximate surface area is 195 Å². The number of anilines is 2. The van der Waals surface area contributed by atoms with Crippen LogP contribution in [0.2, 0.25) is 0 Å². The van der Waals surface area contributed by atoms with E-state index in [0.717, 1.165) is 23.5 Å². The lowest BCUT2D eigenvalue weighted by molar-refractivity contribution is -0.124. The van der Waals surface area contributed by atoms with Crippen LogP contribution in [0.25, 0.3) is 0 Å². The van der Waals surface area contributed by atoms with Crippen molar-refractivity contribution in [1.29, 1.82) is 0 Å². The first-order valence-corrected chi connectivity index (χ1v) is 11.1. The molecule has 0 radical (unpaired) electrons. The fraction of sp³-hybridized carbons (Fsp3) is 0.304. The van der Waals surface area contributed by atoms with Gasteiger partial charge in [0.25, 0.3) is 17.7 Å². The lowest BCUT2D eigenvalue weighted by Crippen LogP contribution is -2.49. The SMILES string of the molecule is CCc1ccc(N(C(=O)c2snc(C(N)=O)c2N)[C@H](C(=O)NC(C)(C)C)c2ccco2)cc1. The molecule has 0 unspecified atom stereocenters. The van der Waals surface area contributed by atoms with Crippen molar-refractivity contribution >= 4 is 40.6 Å². The molecule has 0 aliphatic heterocycles. The van der Waals surface area contributed by atoms with Gasteiger partial charge in [-0.25, -0.2) is 0 Å². The Morgan fingerprint density at radius 2 is 1.85 bits per heavy atom. The first-order chi connectivity index (χ1) is 15.5. The molecule has 3 rings (SSSR count). The summed E-state index contributed by atoms with van der Waals surface area (Å²) < 4.78 is 9.50. The molecule has 0 aliphatic carbocycles. The average molecular weight is 470 g/mol. The Morgan fingerprint density at radius 1 is 1.18 bits per heavy atom. The van der Waals surface area contributed by atoms with E-state index in [1.807, 2.05) is 39.8 Å². The summed E-state index contributed by atoms with van der Waals surface area (Å²) in [5.41, 5.74) is 12.0. The number of benzene rings is 1. The number of aromatic nitrogens is 1.